The molecule has 2 heterocycles. The molecule has 0 N–H and O–H groups in total. The van der Waals surface area contributed by atoms with Gasteiger partial charge in [-0.1, -0.05) is 68.6 Å². The van der Waals surface area contributed by atoms with Gasteiger partial charge in [0.25, 0.3) is 0 Å². The van der Waals surface area contributed by atoms with Crippen molar-refractivity contribution in [3.63, 3.8) is 0 Å². The fourth-order valence-electron chi connectivity index (χ4n) is 4.66. The predicted molar refractivity (Wildman–Crippen MR) is 197 cm³/mol. The van der Waals surface area contributed by atoms with Crippen LogP contribution in [0.5, 0.6) is 5.75 Å². The van der Waals surface area contributed by atoms with Crippen molar-refractivity contribution in [1.82, 2.24) is 4.98 Å². The SMILES string of the molecule is CCCC(=O)OCCCCCCCCCOc1ccc(N=Nc2cc3sc(N=Nc4ccc(N(C)CCOC(=O)CC)cc4)nc3s2)cc1. The number of likely N-dealkylation sites (N-methyl/N-ethyl adjacent to an activating group) is 1. The molecule has 0 aliphatic rings. The smallest absolute Gasteiger partial charge is 0.305 e. The fourth-order valence-corrected chi connectivity index (χ4v) is 6.51. The number of ether oxygens (including phenoxy) is 3. The van der Waals surface area contributed by atoms with Crippen LogP contribution in [0.4, 0.5) is 27.2 Å². The lowest BCUT2D eigenvalue weighted by molar-refractivity contribution is -0.144. The lowest BCUT2D eigenvalue weighted by Gasteiger charge is -2.19. The summed E-state index contributed by atoms with van der Waals surface area (Å²) in [5.74, 6) is 0.556. The molecule has 262 valence electrons. The van der Waals surface area contributed by atoms with Gasteiger partial charge in [0.05, 0.1) is 35.8 Å². The minimum atomic E-state index is -0.193. The van der Waals surface area contributed by atoms with Gasteiger partial charge < -0.3 is 19.1 Å². The van der Waals surface area contributed by atoms with Crippen LogP contribution < -0.4 is 9.64 Å². The summed E-state index contributed by atoms with van der Waals surface area (Å²) in [6.07, 6.45) is 9.52. The van der Waals surface area contributed by atoms with E-state index in [1.54, 1.807) is 6.92 Å². The molecule has 0 aliphatic heterocycles. The number of hydrogen-bond acceptors (Lipinski definition) is 13. The van der Waals surface area contributed by atoms with Crippen molar-refractivity contribution in [3.8, 4) is 5.75 Å². The minimum Gasteiger partial charge on any atom is -0.494 e. The van der Waals surface area contributed by atoms with Crippen LogP contribution in [0.2, 0.25) is 0 Å². The van der Waals surface area contributed by atoms with Crippen LogP contribution in [0.3, 0.4) is 0 Å². The lowest BCUT2D eigenvalue weighted by atomic mass is 10.1. The molecule has 0 amide bonds. The first kappa shape index (κ1) is 37.6. The standard InChI is InChI=1S/C36H46N6O5S2/c1-4-13-34(44)46-24-12-10-8-6-7-9-11-23-45-30-20-16-28(17-21-30)38-40-32-26-31-35(49-32)37-36(48-31)41-39-27-14-18-29(19-15-27)42(3)22-25-47-33(43)5-2/h14-21,26H,4-13,22-25H2,1-3H3. The molecule has 0 saturated carbocycles. The van der Waals surface area contributed by atoms with Crippen molar-refractivity contribution in [2.24, 2.45) is 20.5 Å². The first-order valence-electron chi connectivity index (χ1n) is 17.0. The van der Waals surface area contributed by atoms with Crippen LogP contribution in [0.15, 0.2) is 75.1 Å². The number of anilines is 1. The zero-order valence-electron chi connectivity index (χ0n) is 28.6. The van der Waals surface area contributed by atoms with Gasteiger partial charge in [0.2, 0.25) is 5.13 Å². The summed E-state index contributed by atoms with van der Waals surface area (Å²) in [6.45, 7) is 5.97. The Balaban J connectivity index is 1.12. The van der Waals surface area contributed by atoms with Crippen molar-refractivity contribution in [3.05, 3.63) is 54.6 Å². The number of thiophene rings is 1. The number of azo groups is 2. The molecule has 49 heavy (non-hydrogen) atoms. The maximum absolute atomic E-state index is 11.3. The van der Waals surface area contributed by atoms with Gasteiger partial charge in [0.15, 0.2) is 0 Å². The molecule has 0 aliphatic carbocycles. The van der Waals surface area contributed by atoms with Crippen LogP contribution >= 0.6 is 22.7 Å². The molecule has 4 aromatic rings. The van der Waals surface area contributed by atoms with Gasteiger partial charge in [-0.25, -0.2) is 4.98 Å². The Bertz CT molecular complexity index is 1600. The summed E-state index contributed by atoms with van der Waals surface area (Å²) >= 11 is 2.92. The molecular weight excluding hydrogens is 661 g/mol. The highest BCUT2D eigenvalue weighted by Gasteiger charge is 2.09. The number of aromatic nitrogens is 1. The largest absolute Gasteiger partial charge is 0.494 e. The summed E-state index contributed by atoms with van der Waals surface area (Å²) in [5, 5.41) is 18.8. The molecule has 4 rings (SSSR count). The van der Waals surface area contributed by atoms with E-state index in [2.05, 4.69) is 25.4 Å². The number of unbranched alkanes of at least 4 members (excludes halogenated alkanes) is 6. The van der Waals surface area contributed by atoms with Gasteiger partial charge in [-0.3, -0.25) is 9.59 Å². The zero-order chi connectivity index (χ0) is 34.7. The van der Waals surface area contributed by atoms with E-state index in [9.17, 15) is 9.59 Å². The van der Waals surface area contributed by atoms with Crippen LogP contribution in [-0.4, -0.2) is 50.3 Å². The maximum Gasteiger partial charge on any atom is 0.305 e. The van der Waals surface area contributed by atoms with Crippen molar-refractivity contribution in [1.29, 1.82) is 0 Å². The average Bonchev–Trinajstić information content (AvgIpc) is 3.68. The van der Waals surface area contributed by atoms with Gasteiger partial charge in [-0.15, -0.1) is 20.5 Å². The number of rotatable bonds is 22. The number of carbonyl (C=O) groups excluding carboxylic acids is 2. The Morgan fingerprint density at radius 1 is 0.735 bits per heavy atom. The van der Waals surface area contributed by atoms with E-state index in [-0.39, 0.29) is 11.9 Å². The van der Waals surface area contributed by atoms with E-state index < -0.39 is 0 Å². The number of esters is 2. The van der Waals surface area contributed by atoms with Crippen molar-refractivity contribution < 1.29 is 23.8 Å². The van der Waals surface area contributed by atoms with Gasteiger partial charge >= 0.3 is 11.9 Å². The molecule has 0 atom stereocenters. The Kier molecular flexibility index (Phi) is 16.1. The highest BCUT2D eigenvalue weighted by molar-refractivity contribution is 7.30. The molecule has 0 spiro atoms. The lowest BCUT2D eigenvalue weighted by Crippen LogP contribution is -2.23. The van der Waals surface area contributed by atoms with E-state index in [1.807, 2.05) is 73.5 Å². The summed E-state index contributed by atoms with van der Waals surface area (Å²) in [5.41, 5.74) is 2.48. The van der Waals surface area contributed by atoms with Crippen LogP contribution in [0.25, 0.3) is 9.53 Å². The monoisotopic (exact) mass is 706 g/mol. The van der Waals surface area contributed by atoms with Crippen LogP contribution in [0.1, 0.15) is 78.1 Å². The summed E-state index contributed by atoms with van der Waals surface area (Å²) in [6, 6.07) is 17.3. The molecule has 2 aromatic carbocycles. The number of benzene rings is 2. The normalized spacial score (nSPS) is 11.5. The second-order valence-electron chi connectivity index (χ2n) is 11.5. The van der Waals surface area contributed by atoms with Gasteiger partial charge in [-0.05, 0) is 73.9 Å². The van der Waals surface area contributed by atoms with E-state index in [1.165, 1.54) is 41.9 Å². The maximum atomic E-state index is 11.3. The third kappa shape index (κ3) is 13.7. The number of hydrogen-bond donors (Lipinski definition) is 0. The fraction of sp³-hybridized carbons (Fsp3) is 0.472. The molecule has 0 radical (unpaired) electrons. The van der Waals surface area contributed by atoms with Crippen molar-refractivity contribution >= 4 is 71.3 Å². The van der Waals surface area contributed by atoms with E-state index in [0.29, 0.717) is 44.3 Å². The third-order valence-corrected chi connectivity index (χ3v) is 9.39. The van der Waals surface area contributed by atoms with Crippen LogP contribution in [-0.2, 0) is 19.1 Å². The number of carbonyl (C=O) groups is 2. The second kappa shape index (κ2) is 21.0. The zero-order valence-corrected chi connectivity index (χ0v) is 30.3. The third-order valence-electron chi connectivity index (χ3n) is 7.46. The number of fused-ring (bicyclic) bond motifs is 1. The van der Waals surface area contributed by atoms with E-state index in [4.69, 9.17) is 14.2 Å². The topological polar surface area (TPSA) is 127 Å². The Morgan fingerprint density at radius 2 is 1.37 bits per heavy atom. The van der Waals surface area contributed by atoms with Crippen molar-refractivity contribution in [2.45, 2.75) is 78.1 Å². The van der Waals surface area contributed by atoms with Gasteiger partial charge in [-0.2, -0.15) is 0 Å². The highest BCUT2D eigenvalue weighted by atomic mass is 32.1. The molecule has 0 bridgehead atoms. The second-order valence-corrected chi connectivity index (χ2v) is 13.5. The number of nitrogens with zero attached hydrogens (tertiary/aromatic N) is 6. The summed E-state index contributed by atoms with van der Waals surface area (Å²) < 4.78 is 17.2. The first-order valence-corrected chi connectivity index (χ1v) is 18.7. The first-order chi connectivity index (χ1) is 23.9. The van der Waals surface area contributed by atoms with Gasteiger partial charge in [0.1, 0.15) is 22.2 Å². The molecule has 13 heteroatoms. The molecule has 0 saturated heterocycles. The average molecular weight is 707 g/mol. The molecule has 0 fully saturated rings. The van der Waals surface area contributed by atoms with Crippen LogP contribution in [0, 0.1) is 0 Å². The van der Waals surface area contributed by atoms with E-state index in [0.717, 1.165) is 69.4 Å². The summed E-state index contributed by atoms with van der Waals surface area (Å²) in [4.78, 5) is 30.1. The summed E-state index contributed by atoms with van der Waals surface area (Å²) in [7, 11) is 1.95. The quantitative estimate of drug-likeness (QED) is 0.0452. The van der Waals surface area contributed by atoms with E-state index >= 15 is 0 Å². The predicted octanol–water partition coefficient (Wildman–Crippen LogP) is 11.0. The number of thiazole rings is 1. The van der Waals surface area contributed by atoms with Gasteiger partial charge in [0, 0.05) is 25.6 Å². The Labute approximate surface area is 296 Å². The molecule has 11 nitrogen and oxygen atoms in total. The molecule has 0 unspecified atom stereocenters. The molecule has 2 aromatic heterocycles. The Hall–Kier alpha value is -4.23. The minimum absolute atomic E-state index is 0.0792. The Morgan fingerprint density at radius 3 is 2.04 bits per heavy atom. The van der Waals surface area contributed by atoms with Crippen molar-refractivity contribution in [2.75, 3.05) is 38.3 Å². The highest BCUT2D eigenvalue weighted by Crippen LogP contribution is 2.39. The molecular formula is C36H46N6O5S2.